The molecule has 0 radical (unpaired) electrons. The minimum atomic E-state index is -0.283. The van der Waals surface area contributed by atoms with Gasteiger partial charge in [-0.3, -0.25) is 0 Å². The third kappa shape index (κ3) is 3.52. The van der Waals surface area contributed by atoms with Gasteiger partial charge in [-0.05, 0) is 38.0 Å². The molecule has 1 unspecified atom stereocenters. The highest BCUT2D eigenvalue weighted by Crippen LogP contribution is 2.29. The average Bonchev–Trinajstić information content (AvgIpc) is 3.09. The van der Waals surface area contributed by atoms with Crippen molar-refractivity contribution in [1.82, 2.24) is 9.97 Å². The Morgan fingerprint density at radius 3 is 2.74 bits per heavy atom. The Morgan fingerprint density at radius 1 is 1.22 bits per heavy atom. The van der Waals surface area contributed by atoms with Crippen molar-refractivity contribution in [2.45, 2.75) is 25.8 Å². The van der Waals surface area contributed by atoms with E-state index in [1.54, 1.807) is 19.5 Å². The van der Waals surface area contributed by atoms with Gasteiger partial charge in [-0.15, -0.1) is 0 Å². The number of benzene rings is 1. The number of rotatable bonds is 5. The molecule has 0 saturated carbocycles. The van der Waals surface area contributed by atoms with Gasteiger partial charge in [0.2, 0.25) is 0 Å². The summed E-state index contributed by atoms with van der Waals surface area (Å²) in [5.74, 6) is 2.02. The van der Waals surface area contributed by atoms with Gasteiger partial charge < -0.3 is 15.0 Å². The number of hydrogen-bond donors (Lipinski definition) is 1. The average molecular weight is 316 g/mol. The second kappa shape index (κ2) is 6.81. The Labute approximate surface area is 135 Å². The number of nitrogens with one attached hydrogen (secondary N) is 1. The first-order valence-corrected chi connectivity index (χ1v) is 7.84. The molecule has 6 heteroatoms. The van der Waals surface area contributed by atoms with Crippen molar-refractivity contribution in [3.8, 4) is 5.75 Å². The van der Waals surface area contributed by atoms with Crippen LogP contribution in [0.3, 0.4) is 0 Å². The first kappa shape index (κ1) is 15.5. The van der Waals surface area contributed by atoms with Crippen LogP contribution in [0, 0.1) is 5.82 Å². The molecule has 1 aliphatic heterocycles. The fraction of sp³-hybridized carbons (Fsp3) is 0.412. The summed E-state index contributed by atoms with van der Waals surface area (Å²) < 4.78 is 18.9. The molecular weight excluding hydrogens is 295 g/mol. The highest BCUT2D eigenvalue weighted by atomic mass is 19.1. The van der Waals surface area contributed by atoms with Crippen LogP contribution in [0.15, 0.2) is 30.6 Å². The standard InChI is InChI=1S/C17H21FN4O/c1-12(14-9-13(18)5-6-15(14)23-2)21-16-10-17(20-11-19-16)22-7-3-4-8-22/h5-6,9-12H,3-4,7-8H2,1-2H3,(H,19,20,21). The lowest BCUT2D eigenvalue weighted by Crippen LogP contribution is -2.19. The summed E-state index contributed by atoms with van der Waals surface area (Å²) in [4.78, 5) is 10.9. The molecular formula is C17H21FN4O. The SMILES string of the molecule is COc1ccc(F)cc1C(C)Nc1cc(N2CCCC2)ncn1. The molecule has 1 aromatic carbocycles. The van der Waals surface area contributed by atoms with Crippen LogP contribution >= 0.6 is 0 Å². The molecule has 5 nitrogen and oxygen atoms in total. The van der Waals surface area contributed by atoms with E-state index in [1.165, 1.54) is 25.0 Å². The number of nitrogens with zero attached hydrogens (tertiary/aromatic N) is 3. The smallest absolute Gasteiger partial charge is 0.134 e. The maximum atomic E-state index is 13.5. The summed E-state index contributed by atoms with van der Waals surface area (Å²) in [6.07, 6.45) is 3.96. The fourth-order valence-electron chi connectivity index (χ4n) is 2.89. The van der Waals surface area contributed by atoms with Crippen LogP contribution in [0.5, 0.6) is 5.75 Å². The van der Waals surface area contributed by atoms with E-state index in [-0.39, 0.29) is 11.9 Å². The van der Waals surface area contributed by atoms with Crippen LogP contribution in [-0.4, -0.2) is 30.2 Å². The van der Waals surface area contributed by atoms with E-state index >= 15 is 0 Å². The minimum absolute atomic E-state index is 0.137. The van der Waals surface area contributed by atoms with Crippen LogP contribution in [0.2, 0.25) is 0 Å². The van der Waals surface area contributed by atoms with Crippen LogP contribution in [-0.2, 0) is 0 Å². The van der Waals surface area contributed by atoms with Gasteiger partial charge in [0.05, 0.1) is 13.2 Å². The van der Waals surface area contributed by atoms with E-state index in [4.69, 9.17) is 4.74 Å². The maximum absolute atomic E-state index is 13.5. The van der Waals surface area contributed by atoms with E-state index in [9.17, 15) is 4.39 Å². The molecule has 1 aromatic heterocycles. The number of anilines is 2. The van der Waals surface area contributed by atoms with Crippen molar-refractivity contribution in [3.63, 3.8) is 0 Å². The maximum Gasteiger partial charge on any atom is 0.134 e. The molecule has 1 atom stereocenters. The summed E-state index contributed by atoms with van der Waals surface area (Å²) in [6.45, 7) is 4.02. The Hall–Kier alpha value is -2.37. The van der Waals surface area contributed by atoms with E-state index in [0.717, 1.165) is 30.3 Å². The summed E-state index contributed by atoms with van der Waals surface area (Å²) in [6, 6.07) is 6.32. The lowest BCUT2D eigenvalue weighted by Gasteiger charge is -2.20. The number of hydrogen-bond acceptors (Lipinski definition) is 5. The van der Waals surface area contributed by atoms with E-state index < -0.39 is 0 Å². The van der Waals surface area contributed by atoms with Crippen LogP contribution in [0.25, 0.3) is 0 Å². The zero-order valence-electron chi connectivity index (χ0n) is 13.4. The first-order chi connectivity index (χ1) is 11.2. The van der Waals surface area contributed by atoms with E-state index in [0.29, 0.717) is 5.75 Å². The Bertz CT molecular complexity index is 673. The molecule has 2 heterocycles. The molecule has 1 aliphatic rings. The predicted molar refractivity (Wildman–Crippen MR) is 88.5 cm³/mol. The van der Waals surface area contributed by atoms with Crippen molar-refractivity contribution >= 4 is 11.6 Å². The molecule has 1 saturated heterocycles. The Balaban J connectivity index is 1.78. The Kier molecular flexibility index (Phi) is 4.60. The summed E-state index contributed by atoms with van der Waals surface area (Å²) in [7, 11) is 1.58. The van der Waals surface area contributed by atoms with Crippen molar-refractivity contribution in [2.24, 2.45) is 0 Å². The highest BCUT2D eigenvalue weighted by molar-refractivity contribution is 5.51. The van der Waals surface area contributed by atoms with E-state index in [1.807, 2.05) is 13.0 Å². The number of aromatic nitrogens is 2. The summed E-state index contributed by atoms with van der Waals surface area (Å²) in [5, 5.41) is 3.30. The zero-order chi connectivity index (χ0) is 16.2. The molecule has 0 amide bonds. The molecule has 1 N–H and O–H groups in total. The predicted octanol–water partition coefficient (Wildman–Crippen LogP) is 3.40. The van der Waals surface area contributed by atoms with Gasteiger partial charge in [-0.1, -0.05) is 0 Å². The molecule has 23 heavy (non-hydrogen) atoms. The third-order valence-corrected chi connectivity index (χ3v) is 4.11. The summed E-state index contributed by atoms with van der Waals surface area (Å²) in [5.41, 5.74) is 0.758. The molecule has 2 aromatic rings. The molecule has 3 rings (SSSR count). The molecule has 0 bridgehead atoms. The van der Waals surface area contributed by atoms with Gasteiger partial charge in [0.25, 0.3) is 0 Å². The normalized spacial score (nSPS) is 15.5. The Morgan fingerprint density at radius 2 is 2.00 bits per heavy atom. The van der Waals surface area contributed by atoms with Crippen LogP contribution in [0.1, 0.15) is 31.4 Å². The number of ether oxygens (including phenoxy) is 1. The molecule has 0 aliphatic carbocycles. The van der Waals surface area contributed by atoms with Gasteiger partial charge in [-0.2, -0.15) is 0 Å². The van der Waals surface area contributed by atoms with Crippen LogP contribution < -0.4 is 15.0 Å². The van der Waals surface area contributed by atoms with Gasteiger partial charge in [0.1, 0.15) is 29.5 Å². The minimum Gasteiger partial charge on any atom is -0.496 e. The lowest BCUT2D eigenvalue weighted by molar-refractivity contribution is 0.406. The second-order valence-electron chi connectivity index (χ2n) is 5.71. The number of methoxy groups -OCH3 is 1. The molecule has 0 spiro atoms. The largest absolute Gasteiger partial charge is 0.496 e. The summed E-state index contributed by atoms with van der Waals surface area (Å²) >= 11 is 0. The van der Waals surface area contributed by atoms with Crippen molar-refractivity contribution < 1.29 is 9.13 Å². The highest BCUT2D eigenvalue weighted by Gasteiger charge is 2.16. The third-order valence-electron chi connectivity index (χ3n) is 4.11. The van der Waals surface area contributed by atoms with Crippen LogP contribution in [0.4, 0.5) is 16.0 Å². The molecule has 1 fully saturated rings. The van der Waals surface area contributed by atoms with Gasteiger partial charge >= 0.3 is 0 Å². The van der Waals surface area contributed by atoms with Crippen molar-refractivity contribution in [1.29, 1.82) is 0 Å². The zero-order valence-corrected chi connectivity index (χ0v) is 13.4. The molecule has 122 valence electrons. The van der Waals surface area contributed by atoms with Gasteiger partial charge in [-0.25, -0.2) is 14.4 Å². The van der Waals surface area contributed by atoms with Gasteiger partial charge in [0, 0.05) is 24.7 Å². The van der Waals surface area contributed by atoms with Crippen molar-refractivity contribution in [2.75, 3.05) is 30.4 Å². The van der Waals surface area contributed by atoms with E-state index in [2.05, 4.69) is 20.2 Å². The quantitative estimate of drug-likeness (QED) is 0.916. The topological polar surface area (TPSA) is 50.3 Å². The monoisotopic (exact) mass is 316 g/mol. The van der Waals surface area contributed by atoms with Gasteiger partial charge in [0.15, 0.2) is 0 Å². The second-order valence-corrected chi connectivity index (χ2v) is 5.71. The first-order valence-electron chi connectivity index (χ1n) is 7.84. The van der Waals surface area contributed by atoms with Crippen molar-refractivity contribution in [3.05, 3.63) is 42.0 Å². The fourth-order valence-corrected chi connectivity index (χ4v) is 2.89. The lowest BCUT2D eigenvalue weighted by atomic mass is 10.1. The number of halogens is 1.